The predicted octanol–water partition coefficient (Wildman–Crippen LogP) is 4.34. The van der Waals surface area contributed by atoms with E-state index >= 15 is 0 Å². The molecule has 0 aliphatic heterocycles. The summed E-state index contributed by atoms with van der Waals surface area (Å²) in [4.78, 5) is 0. The zero-order valence-corrected chi connectivity index (χ0v) is 9.50. The normalized spacial score (nSPS) is 32.4. The summed E-state index contributed by atoms with van der Waals surface area (Å²) in [5, 5.41) is 0. The van der Waals surface area contributed by atoms with E-state index in [2.05, 4.69) is 32.1 Å². The Morgan fingerprint density at radius 1 is 1.43 bits per heavy atom. The second-order valence-electron chi connectivity index (χ2n) is 5.30. The van der Waals surface area contributed by atoms with Crippen LogP contribution in [0.25, 0.3) is 0 Å². The predicted molar refractivity (Wildman–Crippen MR) is 62.1 cm³/mol. The van der Waals surface area contributed by atoms with Gasteiger partial charge in [0.25, 0.3) is 0 Å². The summed E-state index contributed by atoms with van der Waals surface area (Å²) in [5.74, 6) is 2.60. The van der Waals surface area contributed by atoms with Crippen LogP contribution in [-0.4, -0.2) is 0 Å². The van der Waals surface area contributed by atoms with Gasteiger partial charge in [-0.15, -0.1) is 0 Å². The molecule has 0 amide bonds. The number of unbranched alkanes of at least 4 members (excludes halogenated alkanes) is 1. The molecule has 0 spiro atoms. The Morgan fingerprint density at radius 3 is 2.86 bits per heavy atom. The van der Waals surface area contributed by atoms with Gasteiger partial charge in [-0.25, -0.2) is 0 Å². The Balaban J connectivity index is 1.74. The van der Waals surface area contributed by atoms with Gasteiger partial charge in [0.2, 0.25) is 0 Å². The molecule has 0 aromatic carbocycles. The highest BCUT2D eigenvalue weighted by atomic mass is 14.3. The van der Waals surface area contributed by atoms with Gasteiger partial charge in [0.05, 0.1) is 0 Å². The molecule has 2 atom stereocenters. The first-order valence-corrected chi connectivity index (χ1v) is 6.13. The van der Waals surface area contributed by atoms with Gasteiger partial charge >= 0.3 is 0 Å². The van der Waals surface area contributed by atoms with E-state index in [1.165, 1.54) is 32.1 Å². The average Bonchev–Trinajstić information content (AvgIpc) is 2.73. The number of hydrogen-bond donors (Lipinski definition) is 0. The Labute approximate surface area is 88.1 Å². The lowest BCUT2D eigenvalue weighted by Gasteiger charge is -2.08. The second-order valence-corrected chi connectivity index (χ2v) is 5.30. The largest absolute Gasteiger partial charge is 0.0847 e. The maximum absolute atomic E-state index is 2.52. The average molecular weight is 190 g/mol. The number of hydrogen-bond acceptors (Lipinski definition) is 0. The van der Waals surface area contributed by atoms with E-state index in [0.717, 1.165) is 17.8 Å². The van der Waals surface area contributed by atoms with Crippen LogP contribution < -0.4 is 0 Å². The van der Waals surface area contributed by atoms with Crippen molar-refractivity contribution in [1.82, 2.24) is 0 Å². The quantitative estimate of drug-likeness (QED) is 0.457. The molecule has 0 heteroatoms. The van der Waals surface area contributed by atoms with Crippen molar-refractivity contribution in [2.45, 2.75) is 46.0 Å². The van der Waals surface area contributed by atoms with Crippen molar-refractivity contribution in [1.29, 1.82) is 0 Å². The Kier molecular flexibility index (Phi) is 3.10. The van der Waals surface area contributed by atoms with Crippen LogP contribution in [0.5, 0.6) is 0 Å². The molecule has 2 rings (SSSR count). The Bertz CT molecular complexity index is 245. The van der Waals surface area contributed by atoms with Crippen molar-refractivity contribution in [2.75, 3.05) is 0 Å². The van der Waals surface area contributed by atoms with Crippen LogP contribution in [0.4, 0.5) is 0 Å². The SMILES string of the molecule is CC(C)CCCC=C1CC2C=CC1C2. The third-order valence-electron chi connectivity index (χ3n) is 3.54. The topological polar surface area (TPSA) is 0 Å². The second kappa shape index (κ2) is 4.33. The van der Waals surface area contributed by atoms with Crippen molar-refractivity contribution in [2.24, 2.45) is 17.8 Å². The molecule has 2 bridgehead atoms. The van der Waals surface area contributed by atoms with E-state index in [1.54, 1.807) is 5.57 Å². The fourth-order valence-electron chi connectivity index (χ4n) is 2.70. The minimum Gasteiger partial charge on any atom is -0.0847 e. The van der Waals surface area contributed by atoms with Crippen LogP contribution in [0.1, 0.15) is 46.0 Å². The molecule has 0 heterocycles. The summed E-state index contributed by atoms with van der Waals surface area (Å²) in [6, 6.07) is 0. The van der Waals surface area contributed by atoms with Crippen molar-refractivity contribution < 1.29 is 0 Å². The Morgan fingerprint density at radius 2 is 2.29 bits per heavy atom. The highest BCUT2D eigenvalue weighted by Gasteiger charge is 2.29. The number of rotatable bonds is 4. The molecule has 1 saturated carbocycles. The minimum atomic E-state index is 0.832. The molecule has 0 saturated heterocycles. The number of fused-ring (bicyclic) bond motifs is 2. The van der Waals surface area contributed by atoms with Crippen LogP contribution in [-0.2, 0) is 0 Å². The van der Waals surface area contributed by atoms with Gasteiger partial charge in [0, 0.05) is 0 Å². The van der Waals surface area contributed by atoms with Gasteiger partial charge in [0.1, 0.15) is 0 Å². The van der Waals surface area contributed by atoms with Crippen molar-refractivity contribution in [3.8, 4) is 0 Å². The molecule has 0 N–H and O–H groups in total. The van der Waals surface area contributed by atoms with Crippen LogP contribution in [0.15, 0.2) is 23.8 Å². The summed E-state index contributed by atoms with van der Waals surface area (Å²) in [6.45, 7) is 4.63. The molecule has 78 valence electrons. The highest BCUT2D eigenvalue weighted by molar-refractivity contribution is 5.26. The molecule has 2 aliphatic carbocycles. The lowest BCUT2D eigenvalue weighted by molar-refractivity contribution is 0.558. The molecule has 0 nitrogen and oxygen atoms in total. The Hall–Kier alpha value is -0.520. The molecule has 0 radical (unpaired) electrons. The van der Waals surface area contributed by atoms with E-state index in [0.29, 0.717) is 0 Å². The first-order chi connectivity index (χ1) is 6.75. The smallest absolute Gasteiger partial charge is 0.00173 e. The van der Waals surface area contributed by atoms with Gasteiger partial charge in [-0.05, 0) is 43.4 Å². The fraction of sp³-hybridized carbons (Fsp3) is 0.714. The lowest BCUT2D eigenvalue weighted by atomic mass is 9.98. The number of allylic oxidation sites excluding steroid dienone is 4. The van der Waals surface area contributed by atoms with Crippen molar-refractivity contribution >= 4 is 0 Å². The van der Waals surface area contributed by atoms with Gasteiger partial charge in [-0.3, -0.25) is 0 Å². The van der Waals surface area contributed by atoms with Gasteiger partial charge in [0.15, 0.2) is 0 Å². The highest BCUT2D eigenvalue weighted by Crippen LogP contribution is 2.43. The standard InChI is InChI=1S/C14H22/c1-11(2)5-3-4-6-13-9-12-7-8-14(13)10-12/h6-8,11-12,14H,3-5,9-10H2,1-2H3. The fourth-order valence-corrected chi connectivity index (χ4v) is 2.70. The van der Waals surface area contributed by atoms with Crippen LogP contribution in [0.3, 0.4) is 0 Å². The zero-order valence-electron chi connectivity index (χ0n) is 9.50. The molecule has 2 unspecified atom stereocenters. The van der Waals surface area contributed by atoms with E-state index in [4.69, 9.17) is 0 Å². The molecule has 0 aromatic rings. The minimum absolute atomic E-state index is 0.832. The van der Waals surface area contributed by atoms with Gasteiger partial charge in [-0.2, -0.15) is 0 Å². The van der Waals surface area contributed by atoms with E-state index in [-0.39, 0.29) is 0 Å². The molecular formula is C14H22. The first kappa shape index (κ1) is 10.0. The van der Waals surface area contributed by atoms with Crippen LogP contribution >= 0.6 is 0 Å². The molecule has 1 fully saturated rings. The molecular weight excluding hydrogens is 168 g/mol. The van der Waals surface area contributed by atoms with Crippen molar-refractivity contribution in [3.05, 3.63) is 23.8 Å². The lowest BCUT2D eigenvalue weighted by Crippen LogP contribution is -1.92. The summed E-state index contributed by atoms with van der Waals surface area (Å²) in [7, 11) is 0. The van der Waals surface area contributed by atoms with E-state index in [9.17, 15) is 0 Å². The first-order valence-electron chi connectivity index (χ1n) is 6.13. The summed E-state index contributed by atoms with van der Waals surface area (Å²) >= 11 is 0. The molecule has 14 heavy (non-hydrogen) atoms. The van der Waals surface area contributed by atoms with Gasteiger partial charge < -0.3 is 0 Å². The van der Waals surface area contributed by atoms with E-state index < -0.39 is 0 Å². The zero-order chi connectivity index (χ0) is 9.97. The molecule has 2 aliphatic rings. The molecule has 0 aromatic heterocycles. The monoisotopic (exact) mass is 190 g/mol. The summed E-state index contributed by atoms with van der Waals surface area (Å²) < 4.78 is 0. The maximum atomic E-state index is 2.52. The van der Waals surface area contributed by atoms with E-state index in [1.807, 2.05) is 0 Å². The summed E-state index contributed by atoms with van der Waals surface area (Å²) in [6.07, 6.45) is 14.2. The van der Waals surface area contributed by atoms with Gasteiger partial charge in [-0.1, -0.05) is 44.1 Å². The van der Waals surface area contributed by atoms with Crippen molar-refractivity contribution in [3.63, 3.8) is 0 Å². The maximum Gasteiger partial charge on any atom is -0.00173 e. The van der Waals surface area contributed by atoms with Crippen LogP contribution in [0.2, 0.25) is 0 Å². The van der Waals surface area contributed by atoms with Crippen LogP contribution in [0, 0.1) is 17.8 Å². The third kappa shape index (κ3) is 2.29. The third-order valence-corrected chi connectivity index (χ3v) is 3.54. The summed E-state index contributed by atoms with van der Waals surface area (Å²) in [5.41, 5.74) is 1.74.